The van der Waals surface area contributed by atoms with E-state index in [1.54, 1.807) is 18.2 Å². The van der Waals surface area contributed by atoms with Gasteiger partial charge in [-0.25, -0.2) is 9.50 Å². The predicted octanol–water partition coefficient (Wildman–Crippen LogP) is 2.88. The highest BCUT2D eigenvalue weighted by Gasteiger charge is 2.16. The summed E-state index contributed by atoms with van der Waals surface area (Å²) in [6.07, 6.45) is 1.39. The molecule has 0 aromatic heterocycles. The van der Waals surface area contributed by atoms with Crippen molar-refractivity contribution in [2.75, 3.05) is 7.11 Å². The highest BCUT2D eigenvalue weighted by molar-refractivity contribution is 5.69. The zero-order valence-corrected chi connectivity index (χ0v) is 8.48. The number of allylic oxidation sites excluding steroid dienone is 1. The Bertz CT molecular complexity index is 506. The van der Waals surface area contributed by atoms with E-state index in [0.29, 0.717) is 11.3 Å². The Kier molecular flexibility index (Phi) is 2.68. The summed E-state index contributed by atoms with van der Waals surface area (Å²) in [6, 6.07) is 6.16. The van der Waals surface area contributed by atoms with Gasteiger partial charge in [0, 0.05) is 11.6 Å². The maximum Gasteiger partial charge on any atom is 0.358 e. The fourth-order valence-electron chi connectivity index (χ4n) is 1.30. The van der Waals surface area contributed by atoms with Crippen molar-refractivity contribution in [3.8, 4) is 0 Å². The van der Waals surface area contributed by atoms with Gasteiger partial charge in [-0.05, 0) is 12.1 Å². The predicted molar refractivity (Wildman–Crippen MR) is 54.0 cm³/mol. The van der Waals surface area contributed by atoms with E-state index in [9.17, 15) is 9.50 Å². The van der Waals surface area contributed by atoms with E-state index in [1.165, 1.54) is 19.3 Å². The quantitative estimate of drug-likeness (QED) is 0.705. The molecule has 0 amide bonds. The molecule has 0 atom stereocenters. The second kappa shape index (κ2) is 4.14. The van der Waals surface area contributed by atoms with Crippen LogP contribution in [0, 0.1) is 5.82 Å². The number of rotatable bonds is 2. The first kappa shape index (κ1) is 10.4. The van der Waals surface area contributed by atoms with E-state index in [-0.39, 0.29) is 5.70 Å². The van der Waals surface area contributed by atoms with Crippen LogP contribution in [0.5, 0.6) is 0 Å². The van der Waals surface area contributed by atoms with Crippen LogP contribution in [0.1, 0.15) is 5.56 Å². The molecule has 1 radical (unpaired) electrons. The summed E-state index contributed by atoms with van der Waals surface area (Å²) >= 11 is 0. The van der Waals surface area contributed by atoms with Crippen molar-refractivity contribution in [2.24, 2.45) is 10.2 Å². The molecule has 0 bridgehead atoms. The summed E-state index contributed by atoms with van der Waals surface area (Å²) in [7, 11) is 1.25. The molecule has 0 fully saturated rings. The van der Waals surface area contributed by atoms with Crippen molar-refractivity contribution in [2.45, 2.75) is 0 Å². The van der Waals surface area contributed by atoms with Gasteiger partial charge in [-0.1, -0.05) is 12.1 Å². The third-order valence-corrected chi connectivity index (χ3v) is 2.08. The van der Waals surface area contributed by atoms with Gasteiger partial charge in [0.15, 0.2) is 5.70 Å². The lowest BCUT2D eigenvalue weighted by atomic mass is 10.1. The lowest BCUT2D eigenvalue weighted by Gasteiger charge is -1.97. The van der Waals surface area contributed by atoms with Crippen molar-refractivity contribution < 1.29 is 14.2 Å². The maximum atomic E-state index is 13.4. The third-order valence-electron chi connectivity index (χ3n) is 2.08. The van der Waals surface area contributed by atoms with Crippen LogP contribution in [0.3, 0.4) is 0 Å². The highest BCUT2D eigenvalue weighted by Crippen LogP contribution is 2.28. The summed E-state index contributed by atoms with van der Waals surface area (Å²) in [6.45, 7) is 0. The number of azo groups is 1. The molecule has 1 aromatic rings. The molecule has 1 aliphatic rings. The van der Waals surface area contributed by atoms with Gasteiger partial charge < -0.3 is 4.74 Å². The minimum Gasteiger partial charge on any atom is -0.464 e. The van der Waals surface area contributed by atoms with Gasteiger partial charge in [0.2, 0.25) is 0 Å². The fourth-order valence-corrected chi connectivity index (χ4v) is 1.30. The van der Waals surface area contributed by atoms with Crippen molar-refractivity contribution >= 4 is 5.70 Å². The summed E-state index contributed by atoms with van der Waals surface area (Å²) in [5, 5.41) is 18.5. The van der Waals surface area contributed by atoms with E-state index in [4.69, 9.17) is 0 Å². The van der Waals surface area contributed by atoms with Gasteiger partial charge >= 0.3 is 5.95 Å². The lowest BCUT2D eigenvalue weighted by Crippen LogP contribution is -1.86. The van der Waals surface area contributed by atoms with E-state index >= 15 is 0 Å². The third kappa shape index (κ3) is 1.79. The standard InChI is InChI=1S/C11H8FN2O2/c1-16-11(15)10-6-9(13-14-10)7-4-2-3-5-8(7)12/h2-6H,1H3. The van der Waals surface area contributed by atoms with Crippen molar-refractivity contribution in [3.05, 3.63) is 53.4 Å². The Hall–Kier alpha value is -2.17. The van der Waals surface area contributed by atoms with Gasteiger partial charge in [0.25, 0.3) is 0 Å². The molecule has 2 rings (SSSR count). The molecule has 0 saturated carbocycles. The van der Waals surface area contributed by atoms with Crippen LogP contribution in [0.15, 0.2) is 52.2 Å². The normalized spacial score (nSPS) is 17.2. The van der Waals surface area contributed by atoms with Crippen LogP contribution in [-0.4, -0.2) is 7.11 Å². The van der Waals surface area contributed by atoms with Gasteiger partial charge in [0.05, 0.1) is 12.8 Å². The molecule has 0 aliphatic carbocycles. The smallest absolute Gasteiger partial charge is 0.358 e. The largest absolute Gasteiger partial charge is 0.464 e. The molecule has 16 heavy (non-hydrogen) atoms. The summed E-state index contributed by atoms with van der Waals surface area (Å²) in [5.74, 6) is -0.992. The molecular formula is C11H8FN2O2. The average Bonchev–Trinajstić information content (AvgIpc) is 2.78. The van der Waals surface area contributed by atoms with Crippen LogP contribution in [0.4, 0.5) is 4.39 Å². The van der Waals surface area contributed by atoms with Crippen LogP contribution in [-0.2, 0) is 9.84 Å². The van der Waals surface area contributed by atoms with Crippen molar-refractivity contribution in [1.82, 2.24) is 0 Å². The fraction of sp³-hybridized carbons (Fsp3) is 0.0909. The molecule has 4 nitrogen and oxygen atoms in total. The van der Waals surface area contributed by atoms with Crippen molar-refractivity contribution in [1.29, 1.82) is 0 Å². The average molecular weight is 219 g/mol. The lowest BCUT2D eigenvalue weighted by molar-refractivity contribution is 0.0826. The molecule has 1 aromatic carbocycles. The summed E-state index contributed by atoms with van der Waals surface area (Å²) < 4.78 is 17.9. The van der Waals surface area contributed by atoms with Gasteiger partial charge in [-0.15, -0.1) is 10.2 Å². The molecular weight excluding hydrogens is 211 g/mol. The molecule has 0 N–H and O–H groups in total. The number of nitrogens with zero attached hydrogens (tertiary/aromatic N) is 2. The van der Waals surface area contributed by atoms with Gasteiger partial charge in [0.1, 0.15) is 5.82 Å². The zero-order valence-electron chi connectivity index (χ0n) is 8.48. The second-order valence-electron chi connectivity index (χ2n) is 3.09. The number of ether oxygens (including phenoxy) is 1. The highest BCUT2D eigenvalue weighted by atomic mass is 19.1. The minimum atomic E-state index is -0.588. The number of hydrogen-bond acceptors (Lipinski definition) is 3. The first-order valence-electron chi connectivity index (χ1n) is 4.56. The van der Waals surface area contributed by atoms with E-state index < -0.39 is 11.8 Å². The summed E-state index contributed by atoms with van der Waals surface area (Å²) in [4.78, 5) is 0. The minimum absolute atomic E-state index is 0.0701. The molecule has 0 spiro atoms. The first-order valence-corrected chi connectivity index (χ1v) is 4.56. The van der Waals surface area contributed by atoms with E-state index in [1.807, 2.05) is 0 Å². The molecule has 0 saturated heterocycles. The van der Waals surface area contributed by atoms with Crippen LogP contribution >= 0.6 is 0 Å². The van der Waals surface area contributed by atoms with Crippen LogP contribution < -0.4 is 0 Å². The first-order chi connectivity index (χ1) is 7.72. The Balaban J connectivity index is 2.40. The zero-order chi connectivity index (χ0) is 11.5. The number of hydrogen-bond donors (Lipinski definition) is 0. The SMILES string of the molecule is COC([O])=C1C=C(c2ccccc2F)N=N1. The Morgan fingerprint density at radius 2 is 2.06 bits per heavy atom. The molecule has 81 valence electrons. The number of benzene rings is 1. The second-order valence-corrected chi connectivity index (χ2v) is 3.09. The topological polar surface area (TPSA) is 53.8 Å². The monoisotopic (exact) mass is 219 g/mol. The molecule has 1 heterocycles. The van der Waals surface area contributed by atoms with Crippen LogP contribution in [0.25, 0.3) is 5.70 Å². The van der Waals surface area contributed by atoms with Gasteiger partial charge in [-0.3, -0.25) is 0 Å². The van der Waals surface area contributed by atoms with Crippen LogP contribution in [0.2, 0.25) is 0 Å². The van der Waals surface area contributed by atoms with Crippen molar-refractivity contribution in [3.63, 3.8) is 0 Å². The molecule has 0 unspecified atom stereocenters. The van der Waals surface area contributed by atoms with Gasteiger partial charge in [-0.2, -0.15) is 0 Å². The number of halogens is 1. The Morgan fingerprint density at radius 1 is 1.31 bits per heavy atom. The molecule has 5 heteroatoms. The summed E-state index contributed by atoms with van der Waals surface area (Å²) in [5.41, 5.74) is 0.699. The van der Waals surface area contributed by atoms with E-state index in [2.05, 4.69) is 15.0 Å². The maximum absolute atomic E-state index is 13.4. The Morgan fingerprint density at radius 3 is 2.75 bits per heavy atom. The van der Waals surface area contributed by atoms with E-state index in [0.717, 1.165) is 0 Å². The number of methoxy groups -OCH3 is 1. The Labute approximate surface area is 91.4 Å². The molecule has 1 aliphatic heterocycles.